The predicted octanol–water partition coefficient (Wildman–Crippen LogP) is 0.642. The molecule has 2 fully saturated rings. The topological polar surface area (TPSA) is 113 Å². The van der Waals surface area contributed by atoms with E-state index in [1.54, 1.807) is 0 Å². The van der Waals surface area contributed by atoms with Crippen molar-refractivity contribution in [3.8, 4) is 0 Å². The lowest BCUT2D eigenvalue weighted by atomic mass is 10.1. The van der Waals surface area contributed by atoms with Crippen molar-refractivity contribution >= 4 is 26.0 Å². The first kappa shape index (κ1) is 23.1. The average molecular weight is 460 g/mol. The molecule has 2 saturated heterocycles. The maximum absolute atomic E-state index is 13.0. The number of piperidine rings is 1. The van der Waals surface area contributed by atoms with Crippen LogP contribution in [0.1, 0.15) is 36.5 Å². The summed E-state index contributed by atoms with van der Waals surface area (Å²) in [4.78, 5) is 12.6. The minimum Gasteiger partial charge on any atom is -0.379 e. The molecule has 3 rings (SSSR count). The Hall–Kier alpha value is -1.53. The largest absolute Gasteiger partial charge is 0.379 e. The molecule has 0 aliphatic carbocycles. The van der Waals surface area contributed by atoms with Gasteiger partial charge in [-0.3, -0.25) is 4.79 Å². The number of ether oxygens (including phenoxy) is 1. The summed E-state index contributed by atoms with van der Waals surface area (Å²) in [7, 11) is -7.16. The van der Waals surface area contributed by atoms with E-state index in [2.05, 4.69) is 5.32 Å². The monoisotopic (exact) mass is 459 g/mol. The van der Waals surface area contributed by atoms with Crippen LogP contribution < -0.4 is 5.32 Å². The first-order valence-electron chi connectivity index (χ1n) is 10.2. The summed E-state index contributed by atoms with van der Waals surface area (Å²) in [5.74, 6) is -0.724. The first-order chi connectivity index (χ1) is 14.2. The van der Waals surface area contributed by atoms with Gasteiger partial charge in [-0.2, -0.15) is 8.61 Å². The van der Waals surface area contributed by atoms with Crippen molar-refractivity contribution in [2.24, 2.45) is 0 Å². The van der Waals surface area contributed by atoms with Crippen LogP contribution in [0.3, 0.4) is 0 Å². The highest BCUT2D eigenvalue weighted by molar-refractivity contribution is 7.89. The van der Waals surface area contributed by atoms with E-state index in [0.29, 0.717) is 32.8 Å². The van der Waals surface area contributed by atoms with Gasteiger partial charge in [-0.1, -0.05) is 12.5 Å². The molecule has 0 aromatic heterocycles. The number of carbonyl (C=O) groups excluding carboxylic acids is 1. The van der Waals surface area contributed by atoms with Gasteiger partial charge in [0.2, 0.25) is 20.0 Å². The van der Waals surface area contributed by atoms with Gasteiger partial charge in [0.1, 0.15) is 0 Å². The molecular formula is C19H29N3O6S2. The Morgan fingerprint density at radius 1 is 1.13 bits per heavy atom. The van der Waals surface area contributed by atoms with Crippen molar-refractivity contribution < 1.29 is 26.4 Å². The number of amides is 1. The summed E-state index contributed by atoms with van der Waals surface area (Å²) in [5.41, 5.74) is 0.185. The highest BCUT2D eigenvalue weighted by atomic mass is 32.2. The lowest BCUT2D eigenvalue weighted by molar-refractivity contribution is 0.0730. The SMILES string of the molecule is CC1CCCCN1S(=O)(=O)c1cccc(C(=O)NCCS(=O)(=O)N2CCOCC2)c1. The number of hydrogen-bond donors (Lipinski definition) is 1. The van der Waals surface area contributed by atoms with Crippen LogP contribution in [0.4, 0.5) is 0 Å². The van der Waals surface area contributed by atoms with E-state index in [0.717, 1.165) is 19.3 Å². The fourth-order valence-corrected chi connectivity index (χ4v) is 6.78. The lowest BCUT2D eigenvalue weighted by Gasteiger charge is -2.32. The van der Waals surface area contributed by atoms with Gasteiger partial charge in [0, 0.05) is 37.8 Å². The first-order valence-corrected chi connectivity index (χ1v) is 13.2. The molecule has 11 heteroatoms. The van der Waals surface area contributed by atoms with E-state index in [1.165, 1.54) is 32.9 Å². The van der Waals surface area contributed by atoms with Crippen molar-refractivity contribution in [1.82, 2.24) is 13.9 Å². The summed E-state index contributed by atoms with van der Waals surface area (Å²) in [5, 5.41) is 2.58. The maximum atomic E-state index is 13.0. The second kappa shape index (κ2) is 9.73. The zero-order valence-corrected chi connectivity index (χ0v) is 18.8. The minimum absolute atomic E-state index is 0.0569. The molecule has 30 heavy (non-hydrogen) atoms. The molecule has 168 valence electrons. The zero-order valence-electron chi connectivity index (χ0n) is 17.1. The molecule has 2 aliphatic rings. The minimum atomic E-state index is -3.69. The highest BCUT2D eigenvalue weighted by Gasteiger charge is 2.31. The van der Waals surface area contributed by atoms with Crippen molar-refractivity contribution in [3.05, 3.63) is 29.8 Å². The molecule has 0 saturated carbocycles. The van der Waals surface area contributed by atoms with Crippen LogP contribution in [-0.2, 0) is 24.8 Å². The van der Waals surface area contributed by atoms with Crippen molar-refractivity contribution in [3.63, 3.8) is 0 Å². The molecule has 1 N–H and O–H groups in total. The number of morpholine rings is 1. The Morgan fingerprint density at radius 2 is 1.87 bits per heavy atom. The number of nitrogens with one attached hydrogen (secondary N) is 1. The van der Waals surface area contributed by atoms with Gasteiger partial charge in [-0.05, 0) is 38.0 Å². The van der Waals surface area contributed by atoms with Crippen LogP contribution in [0.5, 0.6) is 0 Å². The average Bonchev–Trinajstić information content (AvgIpc) is 2.74. The van der Waals surface area contributed by atoms with E-state index in [4.69, 9.17) is 4.74 Å². The van der Waals surface area contributed by atoms with E-state index < -0.39 is 26.0 Å². The molecule has 0 bridgehead atoms. The molecule has 1 aromatic carbocycles. The van der Waals surface area contributed by atoms with E-state index in [1.807, 2.05) is 6.92 Å². The Balaban J connectivity index is 1.63. The molecular weight excluding hydrogens is 430 g/mol. The Bertz CT molecular complexity index is 958. The fourth-order valence-electron chi connectivity index (χ4n) is 3.71. The number of benzene rings is 1. The third-order valence-corrected chi connectivity index (χ3v) is 9.34. The van der Waals surface area contributed by atoms with Crippen LogP contribution in [0.25, 0.3) is 0 Å². The lowest BCUT2D eigenvalue weighted by Crippen LogP contribution is -2.43. The van der Waals surface area contributed by atoms with Gasteiger partial charge < -0.3 is 10.1 Å². The van der Waals surface area contributed by atoms with Gasteiger partial charge in [0.05, 0.1) is 23.9 Å². The van der Waals surface area contributed by atoms with Gasteiger partial charge >= 0.3 is 0 Å². The normalized spacial score (nSPS) is 22.0. The third-order valence-electron chi connectivity index (χ3n) is 5.45. The molecule has 9 nitrogen and oxygen atoms in total. The number of carbonyl (C=O) groups is 1. The smallest absolute Gasteiger partial charge is 0.251 e. The Labute approximate surface area is 178 Å². The molecule has 1 unspecified atom stereocenters. The highest BCUT2D eigenvalue weighted by Crippen LogP contribution is 2.25. The van der Waals surface area contributed by atoms with E-state index in [-0.39, 0.29) is 28.8 Å². The van der Waals surface area contributed by atoms with Gasteiger partial charge in [-0.15, -0.1) is 0 Å². The van der Waals surface area contributed by atoms with Crippen molar-refractivity contribution in [2.45, 2.75) is 37.1 Å². The van der Waals surface area contributed by atoms with Crippen LogP contribution >= 0.6 is 0 Å². The van der Waals surface area contributed by atoms with Crippen LogP contribution in [0.15, 0.2) is 29.2 Å². The molecule has 0 spiro atoms. The number of hydrogen-bond acceptors (Lipinski definition) is 6. The summed E-state index contributed by atoms with van der Waals surface area (Å²) >= 11 is 0. The van der Waals surface area contributed by atoms with Crippen LogP contribution in [0.2, 0.25) is 0 Å². The quantitative estimate of drug-likeness (QED) is 0.640. The third kappa shape index (κ3) is 5.38. The molecule has 2 aliphatic heterocycles. The van der Waals surface area contributed by atoms with Crippen molar-refractivity contribution in [2.75, 3.05) is 45.1 Å². The standard InChI is InChI=1S/C19H29N3O6S2/c1-16-5-2-3-9-22(16)30(26,27)18-7-4-6-17(15-18)19(23)20-8-14-29(24,25)21-10-12-28-13-11-21/h4,6-7,15-16H,2-3,5,8-14H2,1H3,(H,20,23). The number of sulfonamides is 2. The summed E-state index contributed by atoms with van der Waals surface area (Å²) in [6.07, 6.45) is 2.64. The summed E-state index contributed by atoms with van der Waals surface area (Å²) in [6, 6.07) is 5.80. The molecule has 1 amide bonds. The van der Waals surface area contributed by atoms with Crippen LogP contribution in [-0.4, -0.2) is 82.5 Å². The van der Waals surface area contributed by atoms with Crippen LogP contribution in [0, 0.1) is 0 Å². The Morgan fingerprint density at radius 3 is 2.57 bits per heavy atom. The molecule has 2 heterocycles. The number of rotatable bonds is 7. The van der Waals surface area contributed by atoms with E-state index in [9.17, 15) is 21.6 Å². The fraction of sp³-hybridized carbons (Fsp3) is 0.632. The molecule has 0 radical (unpaired) electrons. The summed E-state index contributed by atoms with van der Waals surface area (Å²) < 4.78 is 58.6. The predicted molar refractivity (Wildman–Crippen MR) is 112 cm³/mol. The van der Waals surface area contributed by atoms with Crippen molar-refractivity contribution in [1.29, 1.82) is 0 Å². The zero-order chi connectivity index (χ0) is 21.8. The maximum Gasteiger partial charge on any atom is 0.251 e. The number of nitrogens with zero attached hydrogens (tertiary/aromatic N) is 2. The van der Waals surface area contributed by atoms with Gasteiger partial charge in [0.25, 0.3) is 5.91 Å². The van der Waals surface area contributed by atoms with Gasteiger partial charge in [-0.25, -0.2) is 16.8 Å². The molecule has 1 atom stereocenters. The van der Waals surface area contributed by atoms with Gasteiger partial charge in [0.15, 0.2) is 0 Å². The molecule has 1 aromatic rings. The second-order valence-corrected chi connectivity index (χ2v) is 11.6. The summed E-state index contributed by atoms with van der Waals surface area (Å²) in [6.45, 7) is 3.65. The second-order valence-electron chi connectivity index (χ2n) is 7.57. The Kier molecular flexibility index (Phi) is 7.51. The van der Waals surface area contributed by atoms with E-state index >= 15 is 0 Å².